The molecule has 0 spiro atoms. The molecule has 0 radical (unpaired) electrons. The van der Waals surface area contributed by atoms with Crippen molar-refractivity contribution in [3.05, 3.63) is 70.1 Å². The van der Waals surface area contributed by atoms with Crippen LogP contribution in [0.2, 0.25) is 0 Å². The Labute approximate surface area is 153 Å². The summed E-state index contributed by atoms with van der Waals surface area (Å²) in [5.74, 6) is 0. The number of anilines is 1. The van der Waals surface area contributed by atoms with E-state index in [0.29, 0.717) is 5.13 Å². The molecule has 3 nitrogen and oxygen atoms in total. The van der Waals surface area contributed by atoms with Crippen LogP contribution < -0.4 is 5.43 Å². The van der Waals surface area contributed by atoms with Gasteiger partial charge in [0, 0.05) is 16.5 Å². The van der Waals surface area contributed by atoms with E-state index < -0.39 is 11.7 Å². The van der Waals surface area contributed by atoms with Gasteiger partial charge in [-0.3, -0.25) is 5.43 Å². The van der Waals surface area contributed by atoms with Crippen LogP contribution in [0.5, 0.6) is 0 Å². The minimum absolute atomic E-state index is 0.00124. The van der Waals surface area contributed by atoms with Crippen molar-refractivity contribution in [2.45, 2.75) is 20.0 Å². The summed E-state index contributed by atoms with van der Waals surface area (Å²) in [5, 5.41) is 6.31. The molecule has 0 saturated carbocycles. The fourth-order valence-electron chi connectivity index (χ4n) is 2.57. The maximum Gasteiger partial charge on any atom is 0.417 e. The highest BCUT2D eigenvalue weighted by Crippen LogP contribution is 2.31. The van der Waals surface area contributed by atoms with E-state index in [9.17, 15) is 13.2 Å². The Bertz CT molecular complexity index is 945. The lowest BCUT2D eigenvalue weighted by Gasteiger charge is -2.09. The van der Waals surface area contributed by atoms with Gasteiger partial charge in [0.15, 0.2) is 0 Å². The summed E-state index contributed by atoms with van der Waals surface area (Å²) in [6.45, 7) is 4.04. The average molecular weight is 375 g/mol. The third-order valence-electron chi connectivity index (χ3n) is 3.79. The summed E-state index contributed by atoms with van der Waals surface area (Å²) >= 11 is 1.34. The number of thiazole rings is 1. The van der Waals surface area contributed by atoms with Gasteiger partial charge < -0.3 is 0 Å². The molecule has 134 valence electrons. The van der Waals surface area contributed by atoms with E-state index in [1.807, 2.05) is 31.4 Å². The van der Waals surface area contributed by atoms with Crippen LogP contribution in [0.25, 0.3) is 11.3 Å². The number of aromatic nitrogens is 1. The van der Waals surface area contributed by atoms with Gasteiger partial charge in [-0.05, 0) is 25.5 Å². The molecule has 0 amide bonds. The van der Waals surface area contributed by atoms with E-state index in [2.05, 4.69) is 21.6 Å². The highest BCUT2D eigenvalue weighted by atomic mass is 32.1. The zero-order valence-electron chi connectivity index (χ0n) is 14.1. The second-order valence-corrected chi connectivity index (χ2v) is 6.67. The maximum atomic E-state index is 13.0. The SMILES string of the molecule is Cc1ccc(-c2csc(N/N=C\c3ccccc3C(F)(F)F)n2)c(C)c1. The summed E-state index contributed by atoms with van der Waals surface area (Å²) in [6, 6.07) is 11.4. The third-order valence-corrected chi connectivity index (χ3v) is 4.54. The first-order valence-corrected chi connectivity index (χ1v) is 8.71. The number of nitrogens with zero attached hydrogens (tertiary/aromatic N) is 2. The second kappa shape index (κ2) is 7.29. The molecular weight excluding hydrogens is 359 g/mol. The van der Waals surface area contributed by atoms with E-state index >= 15 is 0 Å². The molecule has 7 heteroatoms. The Morgan fingerprint density at radius 1 is 1.12 bits per heavy atom. The van der Waals surface area contributed by atoms with Crippen LogP contribution in [0.15, 0.2) is 52.9 Å². The van der Waals surface area contributed by atoms with Crippen LogP contribution in [0.3, 0.4) is 0 Å². The number of benzene rings is 2. The molecule has 26 heavy (non-hydrogen) atoms. The van der Waals surface area contributed by atoms with Crippen LogP contribution in [0.1, 0.15) is 22.3 Å². The van der Waals surface area contributed by atoms with Gasteiger partial charge >= 0.3 is 6.18 Å². The van der Waals surface area contributed by atoms with E-state index in [1.165, 1.54) is 35.1 Å². The summed E-state index contributed by atoms with van der Waals surface area (Å²) < 4.78 is 38.9. The average Bonchev–Trinajstić information content (AvgIpc) is 3.03. The standard InChI is InChI=1S/C19H16F3N3S/c1-12-7-8-15(13(2)9-12)17-11-26-18(24-17)25-23-10-14-5-3-4-6-16(14)19(20,21)22/h3-11H,1-2H3,(H,24,25)/b23-10-. The lowest BCUT2D eigenvalue weighted by atomic mass is 10.0. The highest BCUT2D eigenvalue weighted by molar-refractivity contribution is 7.14. The number of hydrogen-bond acceptors (Lipinski definition) is 4. The van der Waals surface area contributed by atoms with Gasteiger partial charge in [0.25, 0.3) is 0 Å². The first kappa shape index (κ1) is 18.1. The van der Waals surface area contributed by atoms with E-state index in [4.69, 9.17) is 0 Å². The maximum absolute atomic E-state index is 13.0. The van der Waals surface area contributed by atoms with Crippen molar-refractivity contribution in [1.82, 2.24) is 4.98 Å². The molecule has 0 saturated heterocycles. The van der Waals surface area contributed by atoms with Crippen LogP contribution in [0.4, 0.5) is 18.3 Å². The molecular formula is C19H16F3N3S. The Kier molecular flexibility index (Phi) is 5.08. The van der Waals surface area contributed by atoms with Crippen molar-refractivity contribution in [2.24, 2.45) is 5.10 Å². The lowest BCUT2D eigenvalue weighted by Crippen LogP contribution is -2.08. The van der Waals surface area contributed by atoms with Gasteiger partial charge in [-0.25, -0.2) is 4.98 Å². The minimum atomic E-state index is -4.42. The fraction of sp³-hybridized carbons (Fsp3) is 0.158. The molecule has 0 bridgehead atoms. The predicted octanol–water partition coefficient (Wildman–Crippen LogP) is 5.89. The third kappa shape index (κ3) is 4.11. The second-order valence-electron chi connectivity index (χ2n) is 5.81. The van der Waals surface area contributed by atoms with E-state index in [0.717, 1.165) is 29.1 Å². The Hall–Kier alpha value is -2.67. The number of halogens is 3. The molecule has 3 rings (SSSR count). The number of hydrogen-bond donors (Lipinski definition) is 1. The Balaban J connectivity index is 1.76. The van der Waals surface area contributed by atoms with Crippen molar-refractivity contribution in [1.29, 1.82) is 0 Å². The van der Waals surface area contributed by atoms with Crippen LogP contribution >= 0.6 is 11.3 Å². The Morgan fingerprint density at radius 3 is 2.62 bits per heavy atom. The van der Waals surface area contributed by atoms with Crippen molar-refractivity contribution in [2.75, 3.05) is 5.43 Å². The molecule has 1 aromatic heterocycles. The van der Waals surface area contributed by atoms with Crippen LogP contribution in [-0.2, 0) is 6.18 Å². The van der Waals surface area contributed by atoms with Crippen LogP contribution in [-0.4, -0.2) is 11.2 Å². The van der Waals surface area contributed by atoms with Crippen molar-refractivity contribution in [3.63, 3.8) is 0 Å². The fourth-order valence-corrected chi connectivity index (χ4v) is 3.23. The largest absolute Gasteiger partial charge is 0.417 e. The lowest BCUT2D eigenvalue weighted by molar-refractivity contribution is -0.137. The number of aryl methyl sites for hydroxylation is 2. The number of hydrazone groups is 1. The summed E-state index contributed by atoms with van der Waals surface area (Å²) in [7, 11) is 0. The number of nitrogens with one attached hydrogen (secondary N) is 1. The van der Waals surface area contributed by atoms with Crippen molar-refractivity contribution < 1.29 is 13.2 Å². The zero-order valence-corrected chi connectivity index (χ0v) is 14.9. The van der Waals surface area contributed by atoms with Gasteiger partial charge in [0.2, 0.25) is 5.13 Å². The molecule has 0 aliphatic rings. The van der Waals surface area contributed by atoms with Gasteiger partial charge in [-0.15, -0.1) is 11.3 Å². The predicted molar refractivity (Wildman–Crippen MR) is 99.7 cm³/mol. The summed E-state index contributed by atoms with van der Waals surface area (Å²) in [4.78, 5) is 4.44. The summed E-state index contributed by atoms with van der Waals surface area (Å²) in [6.07, 6.45) is -3.26. The molecule has 3 aromatic rings. The van der Waals surface area contributed by atoms with E-state index in [-0.39, 0.29) is 5.56 Å². The molecule has 0 fully saturated rings. The van der Waals surface area contributed by atoms with Gasteiger partial charge in [0.05, 0.1) is 17.5 Å². The first-order chi connectivity index (χ1) is 12.3. The highest BCUT2D eigenvalue weighted by Gasteiger charge is 2.32. The molecule has 0 aliphatic carbocycles. The van der Waals surface area contributed by atoms with Gasteiger partial charge in [0.1, 0.15) is 0 Å². The number of alkyl halides is 3. The van der Waals surface area contributed by atoms with Crippen molar-refractivity contribution >= 4 is 22.7 Å². The van der Waals surface area contributed by atoms with Gasteiger partial charge in [-0.2, -0.15) is 18.3 Å². The van der Waals surface area contributed by atoms with Crippen LogP contribution in [0, 0.1) is 13.8 Å². The molecule has 0 atom stereocenters. The quantitative estimate of drug-likeness (QED) is 0.456. The smallest absolute Gasteiger partial charge is 0.253 e. The molecule has 2 aromatic carbocycles. The molecule has 0 unspecified atom stereocenters. The number of rotatable bonds is 4. The summed E-state index contributed by atoms with van der Waals surface area (Å²) in [5.41, 5.74) is 6.09. The monoisotopic (exact) mass is 375 g/mol. The minimum Gasteiger partial charge on any atom is -0.253 e. The Morgan fingerprint density at radius 2 is 1.88 bits per heavy atom. The van der Waals surface area contributed by atoms with Gasteiger partial charge in [-0.1, -0.05) is 42.0 Å². The van der Waals surface area contributed by atoms with E-state index in [1.54, 1.807) is 0 Å². The topological polar surface area (TPSA) is 37.3 Å². The molecule has 0 aliphatic heterocycles. The first-order valence-electron chi connectivity index (χ1n) is 7.83. The normalized spacial score (nSPS) is 11.9. The zero-order chi connectivity index (χ0) is 18.7. The molecule has 1 heterocycles. The van der Waals surface area contributed by atoms with Crippen molar-refractivity contribution in [3.8, 4) is 11.3 Å². The molecule has 1 N–H and O–H groups in total.